The smallest absolute Gasteiger partial charge is 0.302 e. The van der Waals surface area contributed by atoms with Gasteiger partial charge in [-0.05, 0) is 87.9 Å². The molecular weight excluding hydrogens is 340 g/mol. The van der Waals surface area contributed by atoms with E-state index in [0.717, 1.165) is 57.8 Å². The molecule has 0 aromatic heterocycles. The minimum absolute atomic E-state index is 0.0219. The van der Waals surface area contributed by atoms with E-state index in [9.17, 15) is 14.7 Å². The molecule has 1 N–H and O–H groups in total. The number of carbonyl (C=O) groups excluding carboxylic acids is 2. The van der Waals surface area contributed by atoms with Gasteiger partial charge in [-0.1, -0.05) is 13.8 Å². The maximum absolute atomic E-state index is 12.3. The number of hydrogen-bond acceptors (Lipinski definition) is 4. The molecule has 27 heavy (non-hydrogen) atoms. The van der Waals surface area contributed by atoms with Gasteiger partial charge in [0.15, 0.2) is 0 Å². The molecule has 152 valence electrons. The second kappa shape index (κ2) is 6.30. The van der Waals surface area contributed by atoms with Crippen LogP contribution in [0.4, 0.5) is 0 Å². The van der Waals surface area contributed by atoms with Crippen LogP contribution < -0.4 is 0 Å². The molecule has 4 saturated carbocycles. The molecule has 0 aromatic carbocycles. The third-order valence-corrected chi connectivity index (χ3v) is 9.63. The fourth-order valence-electron chi connectivity index (χ4n) is 8.18. The van der Waals surface area contributed by atoms with Gasteiger partial charge in [0.05, 0.1) is 5.60 Å². The van der Waals surface area contributed by atoms with Crippen molar-refractivity contribution >= 4 is 11.8 Å². The summed E-state index contributed by atoms with van der Waals surface area (Å²) in [6, 6.07) is 0. The Kier molecular flexibility index (Phi) is 4.53. The molecule has 0 saturated heterocycles. The number of esters is 1. The summed E-state index contributed by atoms with van der Waals surface area (Å²) < 4.78 is 5.54. The SMILES string of the molecule is CC(=O)OC1CCC2(C)C(CCC3C2CCC2(C)C(C(C)=O)CCC32O)C1. The van der Waals surface area contributed by atoms with Crippen LogP contribution in [0.5, 0.6) is 0 Å². The Morgan fingerprint density at radius 1 is 0.926 bits per heavy atom. The monoisotopic (exact) mass is 376 g/mol. The molecule has 4 heteroatoms. The van der Waals surface area contributed by atoms with E-state index in [0.29, 0.717) is 17.8 Å². The van der Waals surface area contributed by atoms with Crippen LogP contribution in [0, 0.1) is 34.5 Å². The molecule has 4 rings (SSSR count). The predicted molar refractivity (Wildman–Crippen MR) is 103 cm³/mol. The molecule has 4 aliphatic carbocycles. The number of fused-ring (bicyclic) bond motifs is 5. The van der Waals surface area contributed by atoms with Crippen molar-refractivity contribution in [2.75, 3.05) is 0 Å². The van der Waals surface area contributed by atoms with Crippen LogP contribution in [0.2, 0.25) is 0 Å². The van der Waals surface area contributed by atoms with Crippen LogP contribution in [0.1, 0.15) is 85.5 Å². The Morgan fingerprint density at radius 2 is 1.67 bits per heavy atom. The van der Waals surface area contributed by atoms with E-state index >= 15 is 0 Å². The number of hydrogen-bond donors (Lipinski definition) is 1. The summed E-state index contributed by atoms with van der Waals surface area (Å²) >= 11 is 0. The zero-order chi connectivity index (χ0) is 19.6. The van der Waals surface area contributed by atoms with Crippen molar-refractivity contribution in [1.82, 2.24) is 0 Å². The molecule has 4 nitrogen and oxygen atoms in total. The van der Waals surface area contributed by atoms with E-state index in [1.54, 1.807) is 6.92 Å². The minimum atomic E-state index is -0.688. The molecule has 8 unspecified atom stereocenters. The summed E-state index contributed by atoms with van der Waals surface area (Å²) in [7, 11) is 0. The first kappa shape index (κ1) is 19.4. The standard InChI is InChI=1S/C23H36O4/c1-14(24)18-9-12-23(26)20-6-5-16-13-17(27-15(2)25)7-10-21(16,3)19(20)8-11-22(18,23)4/h16-20,26H,5-13H2,1-4H3. The van der Waals surface area contributed by atoms with Gasteiger partial charge >= 0.3 is 5.97 Å². The minimum Gasteiger partial charge on any atom is -0.463 e. The average Bonchev–Trinajstić information content (AvgIpc) is 2.86. The van der Waals surface area contributed by atoms with Gasteiger partial charge < -0.3 is 9.84 Å². The van der Waals surface area contributed by atoms with Gasteiger partial charge in [0.2, 0.25) is 0 Å². The largest absolute Gasteiger partial charge is 0.463 e. The van der Waals surface area contributed by atoms with Crippen molar-refractivity contribution in [2.24, 2.45) is 34.5 Å². The predicted octanol–water partition coefficient (Wildman–Crippen LogP) is 4.28. The quantitative estimate of drug-likeness (QED) is 0.731. The molecule has 0 amide bonds. The summed E-state index contributed by atoms with van der Waals surface area (Å²) in [4.78, 5) is 23.7. The van der Waals surface area contributed by atoms with Crippen LogP contribution in [0.15, 0.2) is 0 Å². The Hall–Kier alpha value is -0.900. The first-order valence-corrected chi connectivity index (χ1v) is 11.0. The Morgan fingerprint density at radius 3 is 2.33 bits per heavy atom. The van der Waals surface area contributed by atoms with Crippen molar-refractivity contribution in [3.8, 4) is 0 Å². The second-order valence-electron chi connectivity index (χ2n) is 10.6. The van der Waals surface area contributed by atoms with Gasteiger partial charge in [-0.25, -0.2) is 0 Å². The second-order valence-corrected chi connectivity index (χ2v) is 10.6. The van der Waals surface area contributed by atoms with Gasteiger partial charge in [0.1, 0.15) is 11.9 Å². The lowest BCUT2D eigenvalue weighted by atomic mass is 9.43. The van der Waals surface area contributed by atoms with Crippen molar-refractivity contribution in [3.05, 3.63) is 0 Å². The summed E-state index contributed by atoms with van der Waals surface area (Å²) in [6.07, 6.45) is 8.96. The third-order valence-electron chi connectivity index (χ3n) is 9.63. The van der Waals surface area contributed by atoms with Gasteiger partial charge in [0, 0.05) is 18.3 Å². The molecule has 8 atom stereocenters. The molecule has 0 spiro atoms. The maximum Gasteiger partial charge on any atom is 0.302 e. The number of Topliss-reactive ketones (excluding diaryl/α,β-unsaturated/α-hetero) is 1. The highest BCUT2D eigenvalue weighted by atomic mass is 16.5. The molecule has 0 aliphatic heterocycles. The number of ketones is 1. The fraction of sp³-hybridized carbons (Fsp3) is 0.913. The molecule has 0 heterocycles. The van der Waals surface area contributed by atoms with E-state index in [1.165, 1.54) is 6.92 Å². The van der Waals surface area contributed by atoms with E-state index in [1.807, 2.05) is 0 Å². The zero-order valence-corrected chi connectivity index (χ0v) is 17.4. The topological polar surface area (TPSA) is 63.6 Å². The lowest BCUT2D eigenvalue weighted by Gasteiger charge is -2.63. The van der Waals surface area contributed by atoms with Gasteiger partial charge in [-0.2, -0.15) is 0 Å². The summed E-state index contributed by atoms with van der Waals surface area (Å²) in [6.45, 7) is 7.84. The molecule has 4 fully saturated rings. The lowest BCUT2D eigenvalue weighted by Crippen LogP contribution is -2.62. The third kappa shape index (κ3) is 2.65. The van der Waals surface area contributed by atoms with Gasteiger partial charge in [0.25, 0.3) is 0 Å². The molecule has 0 bridgehead atoms. The number of carbonyl (C=O) groups is 2. The van der Waals surface area contributed by atoms with Crippen molar-refractivity contribution in [2.45, 2.75) is 97.2 Å². The van der Waals surface area contributed by atoms with E-state index in [-0.39, 0.29) is 34.6 Å². The van der Waals surface area contributed by atoms with Crippen LogP contribution >= 0.6 is 0 Å². The van der Waals surface area contributed by atoms with Gasteiger partial charge in [-0.15, -0.1) is 0 Å². The molecular formula is C23H36O4. The molecule has 4 aliphatic rings. The van der Waals surface area contributed by atoms with Crippen LogP contribution in [-0.4, -0.2) is 28.6 Å². The highest BCUT2D eigenvalue weighted by molar-refractivity contribution is 5.80. The highest BCUT2D eigenvalue weighted by Crippen LogP contribution is 2.69. The maximum atomic E-state index is 12.3. The Bertz CT molecular complexity index is 644. The number of aliphatic hydroxyl groups is 1. The normalized spacial score (nSPS) is 51.7. The lowest BCUT2D eigenvalue weighted by molar-refractivity contribution is -0.211. The van der Waals surface area contributed by atoms with Crippen molar-refractivity contribution < 1.29 is 19.4 Å². The summed E-state index contributed by atoms with van der Waals surface area (Å²) in [5.41, 5.74) is -0.712. The first-order valence-electron chi connectivity index (χ1n) is 11.0. The van der Waals surface area contributed by atoms with E-state index < -0.39 is 5.60 Å². The average molecular weight is 377 g/mol. The number of ether oxygens (including phenoxy) is 1. The van der Waals surface area contributed by atoms with Gasteiger partial charge in [-0.3, -0.25) is 9.59 Å². The van der Waals surface area contributed by atoms with Crippen molar-refractivity contribution in [1.29, 1.82) is 0 Å². The van der Waals surface area contributed by atoms with Crippen LogP contribution in [0.25, 0.3) is 0 Å². The fourth-order valence-corrected chi connectivity index (χ4v) is 8.18. The van der Waals surface area contributed by atoms with Crippen LogP contribution in [0.3, 0.4) is 0 Å². The number of rotatable bonds is 2. The van der Waals surface area contributed by atoms with Crippen molar-refractivity contribution in [3.63, 3.8) is 0 Å². The summed E-state index contributed by atoms with van der Waals surface area (Å²) in [5.74, 6) is 1.53. The summed E-state index contributed by atoms with van der Waals surface area (Å²) in [5, 5.41) is 11.9. The Balaban J connectivity index is 1.59. The van der Waals surface area contributed by atoms with E-state index in [4.69, 9.17) is 4.74 Å². The first-order chi connectivity index (χ1) is 12.6. The van der Waals surface area contributed by atoms with Crippen LogP contribution in [-0.2, 0) is 14.3 Å². The molecule has 0 radical (unpaired) electrons. The Labute approximate surface area is 163 Å². The van der Waals surface area contributed by atoms with E-state index in [2.05, 4.69) is 13.8 Å². The molecule has 0 aromatic rings. The zero-order valence-electron chi connectivity index (χ0n) is 17.4. The highest BCUT2D eigenvalue weighted by Gasteiger charge is 2.67.